The summed E-state index contributed by atoms with van der Waals surface area (Å²) in [5, 5.41) is 20.5. The summed E-state index contributed by atoms with van der Waals surface area (Å²) in [6, 6.07) is 0. The molecule has 80 valence electrons. The van der Waals surface area contributed by atoms with Crippen LogP contribution in [0, 0.1) is 6.92 Å². The van der Waals surface area contributed by atoms with Gasteiger partial charge in [-0.25, -0.2) is 0 Å². The van der Waals surface area contributed by atoms with Crippen molar-refractivity contribution in [2.24, 2.45) is 7.05 Å². The van der Waals surface area contributed by atoms with E-state index >= 15 is 0 Å². The maximum Gasteiger partial charge on any atom is 0.146 e. The summed E-state index contributed by atoms with van der Waals surface area (Å²) in [7, 11) is 1.93. The van der Waals surface area contributed by atoms with Crippen LogP contribution in [0.15, 0.2) is 0 Å². The van der Waals surface area contributed by atoms with Gasteiger partial charge in [-0.15, -0.1) is 10.2 Å². The molecule has 0 aliphatic rings. The maximum atomic E-state index is 9.46. The molecule has 0 spiro atoms. The second kappa shape index (κ2) is 4.06. The predicted octanol–water partition coefficient (Wildman–Crippen LogP) is -0.0160. The van der Waals surface area contributed by atoms with E-state index in [4.69, 9.17) is 0 Å². The summed E-state index contributed by atoms with van der Waals surface area (Å²) < 4.78 is 1.93. The highest BCUT2D eigenvalue weighted by Crippen LogP contribution is 2.00. The summed E-state index contributed by atoms with van der Waals surface area (Å²) in [6.45, 7) is 6.61. The Bertz CT molecular complexity index is 300. The van der Waals surface area contributed by atoms with Crippen LogP contribution in [-0.4, -0.2) is 32.0 Å². The molecule has 1 aromatic heterocycles. The van der Waals surface area contributed by atoms with Gasteiger partial charge in [-0.05, 0) is 20.8 Å². The van der Waals surface area contributed by atoms with Crippen molar-refractivity contribution in [3.63, 3.8) is 0 Å². The molecule has 0 aromatic carbocycles. The minimum atomic E-state index is -0.687. The first-order valence-electron chi connectivity index (χ1n) is 4.68. The highest BCUT2D eigenvalue weighted by molar-refractivity contribution is 4.92. The molecule has 1 heterocycles. The van der Waals surface area contributed by atoms with Crippen LogP contribution in [0.3, 0.4) is 0 Å². The van der Waals surface area contributed by atoms with Crippen molar-refractivity contribution in [2.75, 3.05) is 6.54 Å². The minimum Gasteiger partial charge on any atom is -0.389 e. The van der Waals surface area contributed by atoms with E-state index in [0.29, 0.717) is 13.1 Å². The van der Waals surface area contributed by atoms with Crippen LogP contribution in [0.25, 0.3) is 0 Å². The number of aryl methyl sites for hydroxylation is 1. The largest absolute Gasteiger partial charge is 0.389 e. The molecule has 0 aliphatic heterocycles. The average molecular weight is 198 g/mol. The van der Waals surface area contributed by atoms with Crippen molar-refractivity contribution in [3.05, 3.63) is 11.6 Å². The zero-order chi connectivity index (χ0) is 10.8. The first kappa shape index (κ1) is 11.1. The molecule has 2 N–H and O–H groups in total. The van der Waals surface area contributed by atoms with E-state index in [1.165, 1.54) is 0 Å². The number of nitrogens with zero attached hydrogens (tertiary/aromatic N) is 3. The van der Waals surface area contributed by atoms with Crippen LogP contribution in [0.4, 0.5) is 0 Å². The zero-order valence-electron chi connectivity index (χ0n) is 9.20. The van der Waals surface area contributed by atoms with Gasteiger partial charge in [0.15, 0.2) is 0 Å². The molecule has 0 bridgehead atoms. The maximum absolute atomic E-state index is 9.46. The van der Waals surface area contributed by atoms with E-state index < -0.39 is 5.60 Å². The Hall–Kier alpha value is -0.940. The Morgan fingerprint density at radius 2 is 2.07 bits per heavy atom. The topological polar surface area (TPSA) is 63.0 Å². The number of rotatable bonds is 4. The molecule has 0 aliphatic carbocycles. The van der Waals surface area contributed by atoms with Gasteiger partial charge in [0.2, 0.25) is 0 Å². The lowest BCUT2D eigenvalue weighted by molar-refractivity contribution is 0.0792. The lowest BCUT2D eigenvalue weighted by atomic mass is 10.1. The van der Waals surface area contributed by atoms with Crippen molar-refractivity contribution < 1.29 is 5.11 Å². The summed E-state index contributed by atoms with van der Waals surface area (Å²) in [5.41, 5.74) is -0.687. The average Bonchev–Trinajstić information content (AvgIpc) is 2.33. The van der Waals surface area contributed by atoms with Crippen molar-refractivity contribution >= 4 is 0 Å². The molecule has 0 atom stereocenters. The number of hydrogen-bond acceptors (Lipinski definition) is 4. The van der Waals surface area contributed by atoms with Crippen LogP contribution in [0.5, 0.6) is 0 Å². The Kier molecular flexibility index (Phi) is 3.23. The second-order valence-corrected chi connectivity index (χ2v) is 4.14. The quantitative estimate of drug-likeness (QED) is 0.714. The molecule has 1 aromatic rings. The standard InChI is InChI=1S/C9H18N4O/c1-7-11-12-8(13(7)4)5-10-6-9(2,3)14/h10,14H,5-6H2,1-4H3. The van der Waals surface area contributed by atoms with Gasteiger partial charge in [0, 0.05) is 13.6 Å². The van der Waals surface area contributed by atoms with Gasteiger partial charge < -0.3 is 15.0 Å². The molecule has 0 amide bonds. The molecule has 0 radical (unpaired) electrons. The van der Waals surface area contributed by atoms with E-state index in [2.05, 4.69) is 15.5 Å². The number of nitrogens with one attached hydrogen (secondary N) is 1. The fourth-order valence-corrected chi connectivity index (χ4v) is 1.09. The van der Waals surface area contributed by atoms with Gasteiger partial charge in [0.05, 0.1) is 12.1 Å². The first-order chi connectivity index (χ1) is 6.40. The molecule has 0 fully saturated rings. The molecule has 0 saturated heterocycles. The lowest BCUT2D eigenvalue weighted by Crippen LogP contribution is -2.34. The summed E-state index contributed by atoms with van der Waals surface area (Å²) in [5.74, 6) is 1.77. The Morgan fingerprint density at radius 3 is 2.50 bits per heavy atom. The fourth-order valence-electron chi connectivity index (χ4n) is 1.09. The highest BCUT2D eigenvalue weighted by atomic mass is 16.3. The molecule has 5 heteroatoms. The normalized spacial score (nSPS) is 12.1. The monoisotopic (exact) mass is 198 g/mol. The van der Waals surface area contributed by atoms with Crippen molar-refractivity contribution in [3.8, 4) is 0 Å². The van der Waals surface area contributed by atoms with Crippen LogP contribution < -0.4 is 5.32 Å². The van der Waals surface area contributed by atoms with E-state index in [1.807, 2.05) is 18.5 Å². The van der Waals surface area contributed by atoms with Gasteiger partial charge in [-0.1, -0.05) is 0 Å². The summed E-state index contributed by atoms with van der Waals surface area (Å²) >= 11 is 0. The van der Waals surface area contributed by atoms with Crippen LogP contribution in [0.2, 0.25) is 0 Å². The van der Waals surface area contributed by atoms with Crippen molar-refractivity contribution in [2.45, 2.75) is 32.9 Å². The SMILES string of the molecule is Cc1nnc(CNCC(C)(C)O)n1C. The molecular formula is C9H18N4O. The van der Waals surface area contributed by atoms with Gasteiger partial charge in [0.1, 0.15) is 11.6 Å². The van der Waals surface area contributed by atoms with Gasteiger partial charge >= 0.3 is 0 Å². The van der Waals surface area contributed by atoms with Gasteiger partial charge in [0.25, 0.3) is 0 Å². The zero-order valence-corrected chi connectivity index (χ0v) is 9.20. The minimum absolute atomic E-state index is 0.541. The third-order valence-corrected chi connectivity index (χ3v) is 2.02. The fraction of sp³-hybridized carbons (Fsp3) is 0.778. The van der Waals surface area contributed by atoms with Crippen LogP contribution in [0.1, 0.15) is 25.5 Å². The van der Waals surface area contributed by atoms with Gasteiger partial charge in [-0.3, -0.25) is 0 Å². The van der Waals surface area contributed by atoms with Gasteiger partial charge in [-0.2, -0.15) is 0 Å². The molecule has 5 nitrogen and oxygen atoms in total. The predicted molar refractivity (Wildman–Crippen MR) is 53.7 cm³/mol. The summed E-state index contributed by atoms with van der Waals surface area (Å²) in [6.07, 6.45) is 0. The highest BCUT2D eigenvalue weighted by Gasteiger charge is 2.12. The Labute approximate surface area is 84.2 Å². The Morgan fingerprint density at radius 1 is 1.43 bits per heavy atom. The van der Waals surface area contributed by atoms with E-state index in [-0.39, 0.29) is 0 Å². The van der Waals surface area contributed by atoms with E-state index in [1.54, 1.807) is 13.8 Å². The third-order valence-electron chi connectivity index (χ3n) is 2.02. The van der Waals surface area contributed by atoms with Crippen LogP contribution >= 0.6 is 0 Å². The molecule has 0 saturated carbocycles. The number of aromatic nitrogens is 3. The van der Waals surface area contributed by atoms with E-state index in [0.717, 1.165) is 11.6 Å². The molecule has 0 unspecified atom stereocenters. The third kappa shape index (κ3) is 3.08. The van der Waals surface area contributed by atoms with E-state index in [9.17, 15) is 5.11 Å². The molecule has 1 rings (SSSR count). The van der Waals surface area contributed by atoms with Crippen molar-refractivity contribution in [1.29, 1.82) is 0 Å². The number of hydrogen-bond donors (Lipinski definition) is 2. The van der Waals surface area contributed by atoms with Crippen LogP contribution in [-0.2, 0) is 13.6 Å². The molecule has 14 heavy (non-hydrogen) atoms. The van der Waals surface area contributed by atoms with Crippen molar-refractivity contribution in [1.82, 2.24) is 20.1 Å². The summed E-state index contributed by atoms with van der Waals surface area (Å²) in [4.78, 5) is 0. The number of aliphatic hydroxyl groups is 1. The lowest BCUT2D eigenvalue weighted by Gasteiger charge is -2.17. The smallest absolute Gasteiger partial charge is 0.146 e. The first-order valence-corrected chi connectivity index (χ1v) is 4.68. The Balaban J connectivity index is 2.43. The second-order valence-electron chi connectivity index (χ2n) is 4.14. The molecular weight excluding hydrogens is 180 g/mol.